The maximum Gasteiger partial charge on any atom is 0.253 e. The van der Waals surface area contributed by atoms with E-state index in [1.165, 1.54) is 11.1 Å². The second kappa shape index (κ2) is 10.0. The first-order valence-electron chi connectivity index (χ1n) is 10.1. The summed E-state index contributed by atoms with van der Waals surface area (Å²) in [5.74, 6) is 0.230. The van der Waals surface area contributed by atoms with Crippen molar-refractivity contribution in [3.8, 4) is 0 Å². The molecule has 2 N–H and O–H groups in total. The Balaban J connectivity index is 1.63. The zero-order chi connectivity index (χ0) is 20.6. The summed E-state index contributed by atoms with van der Waals surface area (Å²) in [6, 6.07) is 20.7. The minimum Gasteiger partial charge on any atom is -0.380 e. The fourth-order valence-electron chi connectivity index (χ4n) is 3.58. The zero-order valence-electron chi connectivity index (χ0n) is 17.2. The van der Waals surface area contributed by atoms with Crippen molar-refractivity contribution in [2.45, 2.75) is 18.8 Å². The fraction of sp³-hybridized carbons (Fsp3) is 0.333. The molecular weight excluding hydrogens is 362 g/mol. The average Bonchev–Trinajstić information content (AvgIpc) is 2.75. The smallest absolute Gasteiger partial charge is 0.253 e. The molecule has 29 heavy (non-hydrogen) atoms. The molecule has 0 atom stereocenters. The molecule has 0 fully saturated rings. The Morgan fingerprint density at radius 2 is 1.24 bits per heavy atom. The molecular formula is C24H29N3O2. The van der Waals surface area contributed by atoms with Gasteiger partial charge in [0.25, 0.3) is 10.9 Å². The van der Waals surface area contributed by atoms with Crippen molar-refractivity contribution in [3.05, 3.63) is 92.2 Å². The van der Waals surface area contributed by atoms with Crippen LogP contribution in [-0.2, 0) is 0 Å². The van der Waals surface area contributed by atoms with Crippen molar-refractivity contribution in [2.75, 3.05) is 44.4 Å². The van der Waals surface area contributed by atoms with E-state index in [1.807, 2.05) is 50.5 Å². The van der Waals surface area contributed by atoms with Crippen LogP contribution in [0.5, 0.6) is 0 Å². The van der Waals surface area contributed by atoms with Gasteiger partial charge in [-0.25, -0.2) is 0 Å². The molecule has 0 spiro atoms. The van der Waals surface area contributed by atoms with Crippen LogP contribution < -0.4 is 21.5 Å². The van der Waals surface area contributed by atoms with Crippen molar-refractivity contribution in [2.24, 2.45) is 0 Å². The van der Waals surface area contributed by atoms with E-state index in [9.17, 15) is 9.59 Å². The lowest BCUT2D eigenvalue weighted by atomic mass is 9.88. The van der Waals surface area contributed by atoms with Gasteiger partial charge < -0.3 is 15.5 Å². The van der Waals surface area contributed by atoms with Gasteiger partial charge in [-0.3, -0.25) is 9.59 Å². The molecule has 0 saturated carbocycles. The molecule has 3 rings (SSSR count). The van der Waals surface area contributed by atoms with E-state index in [-0.39, 0.29) is 5.92 Å². The van der Waals surface area contributed by atoms with Gasteiger partial charge in [0.1, 0.15) is 11.4 Å². The van der Waals surface area contributed by atoms with E-state index in [0.29, 0.717) is 24.5 Å². The number of nitrogens with one attached hydrogen (secondary N) is 2. The first-order valence-corrected chi connectivity index (χ1v) is 10.1. The number of nitrogens with zero attached hydrogens (tertiary/aromatic N) is 1. The van der Waals surface area contributed by atoms with Crippen molar-refractivity contribution < 1.29 is 0 Å². The second-order valence-corrected chi connectivity index (χ2v) is 7.58. The number of benzene rings is 2. The van der Waals surface area contributed by atoms with Crippen LogP contribution in [0.3, 0.4) is 0 Å². The lowest BCUT2D eigenvalue weighted by Crippen LogP contribution is -2.38. The van der Waals surface area contributed by atoms with Crippen molar-refractivity contribution >= 4 is 11.4 Å². The molecule has 152 valence electrons. The van der Waals surface area contributed by atoms with Crippen LogP contribution in [0.15, 0.2) is 70.3 Å². The van der Waals surface area contributed by atoms with Gasteiger partial charge in [-0.15, -0.1) is 0 Å². The lowest BCUT2D eigenvalue weighted by molar-refractivity contribution is 0.405. The zero-order valence-corrected chi connectivity index (χ0v) is 17.2. The van der Waals surface area contributed by atoms with Crippen LogP contribution in [0.1, 0.15) is 29.9 Å². The normalized spacial score (nSPS) is 11.3. The Morgan fingerprint density at radius 3 is 1.72 bits per heavy atom. The van der Waals surface area contributed by atoms with Crippen molar-refractivity contribution in [1.29, 1.82) is 0 Å². The Hall–Kier alpha value is -2.92. The van der Waals surface area contributed by atoms with E-state index in [4.69, 9.17) is 0 Å². The van der Waals surface area contributed by atoms with Gasteiger partial charge in [-0.1, -0.05) is 60.7 Å². The number of hydrogen-bond acceptors (Lipinski definition) is 5. The Labute approximate surface area is 172 Å². The Morgan fingerprint density at radius 1 is 0.759 bits per heavy atom. The predicted molar refractivity (Wildman–Crippen MR) is 121 cm³/mol. The summed E-state index contributed by atoms with van der Waals surface area (Å²) in [6.45, 7) is 2.22. The Kier molecular flexibility index (Phi) is 7.19. The SMILES string of the molecule is CN(C)CCCNc1c(NCCC(c2ccccc2)c2ccccc2)c(=O)c1=O. The predicted octanol–water partition coefficient (Wildman–Crippen LogP) is 3.28. The van der Waals surface area contributed by atoms with E-state index in [1.54, 1.807) is 0 Å². The summed E-state index contributed by atoms with van der Waals surface area (Å²) < 4.78 is 0. The highest BCUT2D eigenvalue weighted by Gasteiger charge is 2.21. The maximum absolute atomic E-state index is 12.0. The fourth-order valence-corrected chi connectivity index (χ4v) is 3.58. The molecule has 0 aliphatic rings. The summed E-state index contributed by atoms with van der Waals surface area (Å²) in [4.78, 5) is 26.0. The van der Waals surface area contributed by atoms with Gasteiger partial charge in [-0.2, -0.15) is 0 Å². The van der Waals surface area contributed by atoms with Crippen LogP contribution in [0.4, 0.5) is 11.4 Å². The summed E-state index contributed by atoms with van der Waals surface area (Å²) in [5.41, 5.74) is 2.51. The monoisotopic (exact) mass is 391 g/mol. The molecule has 0 radical (unpaired) electrons. The Bertz CT molecular complexity index is 921. The summed E-state index contributed by atoms with van der Waals surface area (Å²) in [5, 5.41) is 6.33. The van der Waals surface area contributed by atoms with Gasteiger partial charge in [0.05, 0.1) is 0 Å². The number of hydrogen-bond donors (Lipinski definition) is 2. The second-order valence-electron chi connectivity index (χ2n) is 7.58. The van der Waals surface area contributed by atoms with E-state index < -0.39 is 10.9 Å². The minimum atomic E-state index is -0.420. The molecule has 0 saturated heterocycles. The molecule has 0 aliphatic heterocycles. The molecule has 5 nitrogen and oxygen atoms in total. The third kappa shape index (κ3) is 5.33. The first-order chi connectivity index (χ1) is 14.1. The standard InChI is InChI=1S/C24H29N3O2/c1-27(2)17-9-15-25-21-22(24(29)23(21)28)26-16-14-20(18-10-5-3-6-11-18)19-12-7-4-8-13-19/h3-8,10-13,20,25-26H,9,14-17H2,1-2H3. The largest absolute Gasteiger partial charge is 0.380 e. The first kappa shape index (κ1) is 20.8. The van der Waals surface area contributed by atoms with E-state index in [2.05, 4.69) is 39.8 Å². The van der Waals surface area contributed by atoms with E-state index in [0.717, 1.165) is 19.4 Å². The highest BCUT2D eigenvalue weighted by Crippen LogP contribution is 2.28. The van der Waals surface area contributed by atoms with Crippen LogP contribution >= 0.6 is 0 Å². The molecule has 0 heterocycles. The van der Waals surface area contributed by atoms with Gasteiger partial charge in [0.2, 0.25) is 0 Å². The van der Waals surface area contributed by atoms with Crippen LogP contribution in [-0.4, -0.2) is 38.6 Å². The molecule has 0 bridgehead atoms. The number of anilines is 2. The third-order valence-corrected chi connectivity index (χ3v) is 5.13. The van der Waals surface area contributed by atoms with Crippen molar-refractivity contribution in [3.63, 3.8) is 0 Å². The highest BCUT2D eigenvalue weighted by atomic mass is 16.2. The quantitative estimate of drug-likeness (QED) is 0.388. The minimum absolute atomic E-state index is 0.230. The van der Waals surface area contributed by atoms with Gasteiger partial charge in [-0.05, 0) is 44.6 Å². The average molecular weight is 392 g/mol. The molecule has 0 aliphatic carbocycles. The molecule has 3 aromatic rings. The van der Waals surface area contributed by atoms with Crippen LogP contribution in [0, 0.1) is 0 Å². The summed E-state index contributed by atoms with van der Waals surface area (Å²) in [7, 11) is 4.03. The molecule has 5 heteroatoms. The maximum atomic E-state index is 12.0. The van der Waals surface area contributed by atoms with Crippen LogP contribution in [0.2, 0.25) is 0 Å². The van der Waals surface area contributed by atoms with E-state index >= 15 is 0 Å². The number of rotatable bonds is 11. The summed E-state index contributed by atoms with van der Waals surface area (Å²) in [6.07, 6.45) is 1.74. The van der Waals surface area contributed by atoms with Crippen molar-refractivity contribution in [1.82, 2.24) is 4.90 Å². The lowest BCUT2D eigenvalue weighted by Gasteiger charge is -2.20. The highest BCUT2D eigenvalue weighted by molar-refractivity contribution is 5.73. The van der Waals surface area contributed by atoms with Gasteiger partial charge in [0, 0.05) is 19.0 Å². The summed E-state index contributed by atoms with van der Waals surface area (Å²) >= 11 is 0. The molecule has 3 aromatic carbocycles. The molecule has 0 unspecified atom stereocenters. The molecule has 0 aromatic heterocycles. The van der Waals surface area contributed by atoms with Gasteiger partial charge >= 0.3 is 0 Å². The topological polar surface area (TPSA) is 61.4 Å². The third-order valence-electron chi connectivity index (χ3n) is 5.13. The molecule has 0 amide bonds. The van der Waals surface area contributed by atoms with Crippen LogP contribution in [0.25, 0.3) is 0 Å². The van der Waals surface area contributed by atoms with Gasteiger partial charge in [0.15, 0.2) is 0 Å².